The first kappa shape index (κ1) is 14.9. The molecule has 0 amide bonds. The van der Waals surface area contributed by atoms with Gasteiger partial charge in [0, 0.05) is 19.3 Å². The number of hydrogen-bond acceptors (Lipinski definition) is 2. The lowest BCUT2D eigenvalue weighted by atomic mass is 10.0. The molecule has 0 saturated carbocycles. The molecule has 0 aromatic heterocycles. The second kappa shape index (κ2) is 6.37. The van der Waals surface area contributed by atoms with Crippen LogP contribution in [0.2, 0.25) is 0 Å². The third kappa shape index (κ3) is 2.93. The molecule has 0 N–H and O–H groups in total. The quantitative estimate of drug-likeness (QED) is 0.793. The van der Waals surface area contributed by atoms with Crippen LogP contribution in [0.5, 0.6) is 0 Å². The van der Waals surface area contributed by atoms with Gasteiger partial charge in [-0.2, -0.15) is 0 Å². The van der Waals surface area contributed by atoms with Gasteiger partial charge in [-0.3, -0.25) is 5.01 Å². The van der Waals surface area contributed by atoms with Crippen LogP contribution in [0.4, 0.5) is 5.69 Å². The van der Waals surface area contributed by atoms with Crippen molar-refractivity contribution >= 4 is 5.69 Å². The van der Waals surface area contributed by atoms with E-state index in [1.165, 1.54) is 28.8 Å². The van der Waals surface area contributed by atoms with Crippen LogP contribution in [0.25, 0.3) is 11.1 Å². The molecule has 0 aliphatic carbocycles. The largest absolute Gasteiger partial charge is 0.282 e. The summed E-state index contributed by atoms with van der Waals surface area (Å²) in [4.78, 5) is 0. The standard InChI is InChI=1S/C20H24N2/c1-4-6-17-9-11-18(12-10-17)19-7-5-8-20(15-19)22-14-13-16(2)21(22)3/h5,7-16H,4,6H2,1-3H3. The third-order valence-electron chi connectivity index (χ3n) is 4.37. The predicted octanol–water partition coefficient (Wildman–Crippen LogP) is 4.88. The number of anilines is 1. The minimum Gasteiger partial charge on any atom is -0.282 e. The third-order valence-corrected chi connectivity index (χ3v) is 4.37. The van der Waals surface area contributed by atoms with Gasteiger partial charge in [0.1, 0.15) is 0 Å². The molecule has 2 nitrogen and oxygen atoms in total. The maximum atomic E-state index is 2.26. The normalized spacial score (nSPS) is 18.1. The molecular formula is C20H24N2. The van der Waals surface area contributed by atoms with E-state index in [9.17, 15) is 0 Å². The van der Waals surface area contributed by atoms with Crippen molar-refractivity contribution in [2.45, 2.75) is 32.7 Å². The molecule has 3 rings (SSSR count). The van der Waals surface area contributed by atoms with E-state index < -0.39 is 0 Å². The van der Waals surface area contributed by atoms with E-state index in [-0.39, 0.29) is 0 Å². The highest BCUT2D eigenvalue weighted by molar-refractivity contribution is 5.69. The summed E-state index contributed by atoms with van der Waals surface area (Å²) in [5.74, 6) is 0. The average molecular weight is 292 g/mol. The van der Waals surface area contributed by atoms with Gasteiger partial charge in [-0.05, 0) is 48.2 Å². The van der Waals surface area contributed by atoms with Gasteiger partial charge in [0.15, 0.2) is 0 Å². The van der Waals surface area contributed by atoms with Crippen LogP contribution in [0.15, 0.2) is 60.8 Å². The fourth-order valence-corrected chi connectivity index (χ4v) is 2.88. The van der Waals surface area contributed by atoms with Crippen molar-refractivity contribution in [3.05, 3.63) is 66.4 Å². The van der Waals surface area contributed by atoms with E-state index in [0.29, 0.717) is 6.04 Å². The minimum absolute atomic E-state index is 0.442. The SMILES string of the molecule is CCCc1ccc(-c2cccc(N3C=CC(C)N3C)c2)cc1. The van der Waals surface area contributed by atoms with Crippen molar-refractivity contribution < 1.29 is 0 Å². The summed E-state index contributed by atoms with van der Waals surface area (Å²) in [5.41, 5.74) is 5.17. The van der Waals surface area contributed by atoms with Gasteiger partial charge in [0.05, 0.1) is 5.69 Å². The molecule has 1 aliphatic heterocycles. The number of rotatable bonds is 4. The topological polar surface area (TPSA) is 6.48 Å². The van der Waals surface area contributed by atoms with E-state index in [1.807, 2.05) is 0 Å². The molecule has 1 atom stereocenters. The second-order valence-corrected chi connectivity index (χ2v) is 6.00. The Morgan fingerprint density at radius 3 is 2.41 bits per heavy atom. The molecule has 2 aromatic carbocycles. The lowest BCUT2D eigenvalue weighted by Gasteiger charge is -2.28. The van der Waals surface area contributed by atoms with Gasteiger partial charge in [-0.25, -0.2) is 5.01 Å². The number of benzene rings is 2. The summed E-state index contributed by atoms with van der Waals surface area (Å²) in [6.45, 7) is 4.42. The molecule has 0 spiro atoms. The Bertz CT molecular complexity index is 658. The fourth-order valence-electron chi connectivity index (χ4n) is 2.88. The highest BCUT2D eigenvalue weighted by Gasteiger charge is 2.19. The maximum Gasteiger partial charge on any atom is 0.0579 e. The van der Waals surface area contributed by atoms with Crippen molar-refractivity contribution in [2.24, 2.45) is 0 Å². The predicted molar refractivity (Wildman–Crippen MR) is 94.7 cm³/mol. The Morgan fingerprint density at radius 2 is 1.77 bits per heavy atom. The van der Waals surface area contributed by atoms with Crippen LogP contribution in [-0.4, -0.2) is 18.1 Å². The number of hydrazine groups is 1. The first-order chi connectivity index (χ1) is 10.7. The molecule has 0 saturated heterocycles. The number of aryl methyl sites for hydroxylation is 1. The second-order valence-electron chi connectivity index (χ2n) is 6.00. The molecule has 2 aromatic rings. The molecule has 114 valence electrons. The van der Waals surface area contributed by atoms with E-state index in [2.05, 4.69) is 91.7 Å². The Morgan fingerprint density at radius 1 is 1.00 bits per heavy atom. The van der Waals surface area contributed by atoms with Crippen molar-refractivity contribution in [2.75, 3.05) is 12.1 Å². The highest BCUT2D eigenvalue weighted by Crippen LogP contribution is 2.28. The van der Waals surface area contributed by atoms with Crippen LogP contribution in [-0.2, 0) is 6.42 Å². The minimum atomic E-state index is 0.442. The monoisotopic (exact) mass is 292 g/mol. The average Bonchev–Trinajstić information content (AvgIpc) is 2.88. The zero-order valence-electron chi connectivity index (χ0n) is 13.7. The Labute approximate surface area is 133 Å². The summed E-state index contributed by atoms with van der Waals surface area (Å²) < 4.78 is 0. The highest BCUT2D eigenvalue weighted by atomic mass is 15.6. The zero-order valence-corrected chi connectivity index (χ0v) is 13.7. The molecule has 1 aliphatic rings. The molecule has 0 radical (unpaired) electrons. The first-order valence-corrected chi connectivity index (χ1v) is 8.08. The number of hydrogen-bond donors (Lipinski definition) is 0. The molecule has 1 unspecified atom stereocenters. The van der Waals surface area contributed by atoms with Gasteiger partial charge in [0.2, 0.25) is 0 Å². The smallest absolute Gasteiger partial charge is 0.0579 e. The molecule has 0 bridgehead atoms. The van der Waals surface area contributed by atoms with E-state index in [0.717, 1.165) is 6.42 Å². The van der Waals surface area contributed by atoms with Crippen LogP contribution in [0.1, 0.15) is 25.8 Å². The summed E-state index contributed by atoms with van der Waals surface area (Å²) in [7, 11) is 2.12. The molecule has 1 heterocycles. The lowest BCUT2D eigenvalue weighted by molar-refractivity contribution is 0.322. The summed E-state index contributed by atoms with van der Waals surface area (Å²) in [6.07, 6.45) is 6.71. The molecule has 22 heavy (non-hydrogen) atoms. The van der Waals surface area contributed by atoms with Crippen molar-refractivity contribution in [3.8, 4) is 11.1 Å². The van der Waals surface area contributed by atoms with Gasteiger partial charge in [-0.15, -0.1) is 0 Å². The number of nitrogens with zero attached hydrogens (tertiary/aromatic N) is 2. The van der Waals surface area contributed by atoms with Crippen LogP contribution >= 0.6 is 0 Å². The molecular weight excluding hydrogens is 268 g/mol. The lowest BCUT2D eigenvalue weighted by Crippen LogP contribution is -2.36. The van der Waals surface area contributed by atoms with Crippen molar-refractivity contribution in [1.29, 1.82) is 0 Å². The van der Waals surface area contributed by atoms with Crippen LogP contribution in [0.3, 0.4) is 0 Å². The van der Waals surface area contributed by atoms with Crippen molar-refractivity contribution in [1.82, 2.24) is 5.01 Å². The Balaban J connectivity index is 1.86. The van der Waals surface area contributed by atoms with Crippen LogP contribution < -0.4 is 5.01 Å². The Kier molecular flexibility index (Phi) is 4.30. The molecule has 2 heteroatoms. The van der Waals surface area contributed by atoms with Gasteiger partial charge < -0.3 is 0 Å². The van der Waals surface area contributed by atoms with Gasteiger partial charge >= 0.3 is 0 Å². The number of likely N-dealkylation sites (N-methyl/N-ethyl adjacent to an activating group) is 1. The first-order valence-electron chi connectivity index (χ1n) is 8.08. The summed E-state index contributed by atoms with van der Waals surface area (Å²) >= 11 is 0. The van der Waals surface area contributed by atoms with E-state index >= 15 is 0 Å². The van der Waals surface area contributed by atoms with Crippen molar-refractivity contribution in [3.63, 3.8) is 0 Å². The van der Waals surface area contributed by atoms with Crippen LogP contribution in [0, 0.1) is 0 Å². The van der Waals surface area contributed by atoms with Gasteiger partial charge in [0.25, 0.3) is 0 Å². The van der Waals surface area contributed by atoms with Gasteiger partial charge in [-0.1, -0.05) is 49.7 Å². The fraction of sp³-hybridized carbons (Fsp3) is 0.300. The summed E-state index contributed by atoms with van der Waals surface area (Å²) in [5, 5.41) is 4.45. The zero-order chi connectivity index (χ0) is 15.5. The maximum absolute atomic E-state index is 2.26. The van der Waals surface area contributed by atoms with E-state index in [4.69, 9.17) is 0 Å². The summed E-state index contributed by atoms with van der Waals surface area (Å²) in [6, 6.07) is 18.1. The molecule has 0 fully saturated rings. The Hall–Kier alpha value is -2.06. The van der Waals surface area contributed by atoms with E-state index in [1.54, 1.807) is 0 Å².